The van der Waals surface area contributed by atoms with Gasteiger partial charge in [0.15, 0.2) is 6.10 Å². The fourth-order valence-corrected chi connectivity index (χ4v) is 1.68. The number of nitrogen functional groups attached to an aromatic ring is 1. The van der Waals surface area contributed by atoms with E-state index in [0.717, 1.165) is 6.92 Å². The van der Waals surface area contributed by atoms with Crippen LogP contribution in [0.25, 0.3) is 10.9 Å². The molecule has 0 amide bonds. The molecule has 0 saturated heterocycles. The molecule has 2 rings (SSSR count). The Morgan fingerprint density at radius 3 is 2.74 bits per heavy atom. The number of pyridine rings is 1. The Bertz CT molecular complexity index is 584. The van der Waals surface area contributed by atoms with Gasteiger partial charge in [-0.15, -0.1) is 0 Å². The zero-order chi connectivity index (χ0) is 14.0. The quantitative estimate of drug-likeness (QED) is 0.871. The van der Waals surface area contributed by atoms with Crippen LogP contribution in [0.4, 0.5) is 18.9 Å². The highest BCUT2D eigenvalue weighted by atomic mass is 19.4. The third-order valence-electron chi connectivity index (χ3n) is 2.84. The molecule has 0 bridgehead atoms. The van der Waals surface area contributed by atoms with E-state index in [1.165, 1.54) is 0 Å². The molecule has 2 aromatic rings. The van der Waals surface area contributed by atoms with E-state index in [1.54, 1.807) is 30.5 Å². The van der Waals surface area contributed by atoms with Crippen LogP contribution < -0.4 is 5.73 Å². The Kier molecular flexibility index (Phi) is 3.61. The zero-order valence-corrected chi connectivity index (χ0v) is 10.2. The van der Waals surface area contributed by atoms with Crippen molar-refractivity contribution in [1.82, 2.24) is 4.98 Å². The van der Waals surface area contributed by atoms with Crippen LogP contribution in [0, 0.1) is 0 Å². The zero-order valence-electron chi connectivity index (χ0n) is 10.2. The van der Waals surface area contributed by atoms with E-state index in [2.05, 4.69) is 4.98 Å². The van der Waals surface area contributed by atoms with Gasteiger partial charge in [0.2, 0.25) is 0 Å². The van der Waals surface area contributed by atoms with Gasteiger partial charge in [0, 0.05) is 22.8 Å². The van der Waals surface area contributed by atoms with Gasteiger partial charge in [-0.05, 0) is 25.1 Å². The number of anilines is 1. The van der Waals surface area contributed by atoms with Crippen molar-refractivity contribution in [3.05, 3.63) is 36.0 Å². The molecule has 0 aliphatic rings. The summed E-state index contributed by atoms with van der Waals surface area (Å²) in [5, 5.41) is 0.711. The number of nitrogens with zero attached hydrogens (tertiary/aromatic N) is 1. The molecule has 19 heavy (non-hydrogen) atoms. The Labute approximate surface area is 108 Å². The maximum atomic E-state index is 12.4. The monoisotopic (exact) mass is 270 g/mol. The topological polar surface area (TPSA) is 48.1 Å². The molecule has 1 heterocycles. The maximum absolute atomic E-state index is 12.4. The lowest BCUT2D eigenvalue weighted by Gasteiger charge is -2.17. The molecular weight excluding hydrogens is 257 g/mol. The van der Waals surface area contributed by atoms with Crippen LogP contribution in [0.3, 0.4) is 0 Å². The number of alkyl halides is 3. The summed E-state index contributed by atoms with van der Waals surface area (Å²) < 4.78 is 41.9. The molecule has 0 aliphatic carbocycles. The smallest absolute Gasteiger partial charge is 0.398 e. The van der Waals surface area contributed by atoms with Gasteiger partial charge in [0.05, 0.1) is 12.1 Å². The lowest BCUT2D eigenvalue weighted by Crippen LogP contribution is -2.28. The van der Waals surface area contributed by atoms with Crippen LogP contribution in [0.5, 0.6) is 0 Å². The van der Waals surface area contributed by atoms with Gasteiger partial charge in [-0.3, -0.25) is 4.98 Å². The minimum Gasteiger partial charge on any atom is -0.398 e. The maximum Gasteiger partial charge on any atom is 0.414 e. The summed E-state index contributed by atoms with van der Waals surface area (Å²) >= 11 is 0. The number of fused-ring (bicyclic) bond motifs is 1. The predicted octanol–water partition coefficient (Wildman–Crippen LogP) is 3.28. The van der Waals surface area contributed by atoms with Crippen LogP contribution in [-0.4, -0.2) is 17.3 Å². The van der Waals surface area contributed by atoms with E-state index in [0.29, 0.717) is 22.2 Å². The molecule has 0 spiro atoms. The van der Waals surface area contributed by atoms with Crippen molar-refractivity contribution in [3.63, 3.8) is 0 Å². The first-order valence-corrected chi connectivity index (χ1v) is 5.70. The lowest BCUT2D eigenvalue weighted by molar-refractivity contribution is -0.217. The fourth-order valence-electron chi connectivity index (χ4n) is 1.68. The Hall–Kier alpha value is -1.82. The summed E-state index contributed by atoms with van der Waals surface area (Å²) in [6, 6.07) is 6.77. The van der Waals surface area contributed by atoms with E-state index in [4.69, 9.17) is 10.5 Å². The van der Waals surface area contributed by atoms with E-state index in [-0.39, 0.29) is 6.61 Å². The van der Waals surface area contributed by atoms with E-state index in [1.807, 2.05) is 0 Å². The number of hydrogen-bond donors (Lipinski definition) is 1. The van der Waals surface area contributed by atoms with Crippen LogP contribution in [-0.2, 0) is 11.3 Å². The summed E-state index contributed by atoms with van der Waals surface area (Å²) in [5.41, 5.74) is 7.48. The normalized spacial score (nSPS) is 13.7. The number of nitrogens with two attached hydrogens (primary N) is 1. The first-order valence-electron chi connectivity index (χ1n) is 5.70. The predicted molar refractivity (Wildman–Crippen MR) is 66.5 cm³/mol. The largest absolute Gasteiger partial charge is 0.414 e. The molecular formula is C13H13F3N2O. The van der Waals surface area contributed by atoms with Crippen molar-refractivity contribution < 1.29 is 17.9 Å². The SMILES string of the molecule is CC(OCc1ccc(N)c2cccnc12)C(F)(F)F. The average molecular weight is 270 g/mol. The second kappa shape index (κ2) is 5.05. The van der Waals surface area contributed by atoms with Crippen molar-refractivity contribution in [2.24, 2.45) is 0 Å². The highest BCUT2D eigenvalue weighted by molar-refractivity contribution is 5.92. The summed E-state index contributed by atoms with van der Waals surface area (Å²) in [4.78, 5) is 4.14. The summed E-state index contributed by atoms with van der Waals surface area (Å²) in [6.45, 7) is 0.821. The molecule has 2 N–H and O–H groups in total. The molecule has 1 atom stereocenters. The van der Waals surface area contributed by atoms with Crippen molar-refractivity contribution in [3.8, 4) is 0 Å². The van der Waals surface area contributed by atoms with Gasteiger partial charge in [-0.1, -0.05) is 6.07 Å². The van der Waals surface area contributed by atoms with Gasteiger partial charge in [-0.25, -0.2) is 0 Å². The van der Waals surface area contributed by atoms with Crippen LogP contribution in [0.15, 0.2) is 30.5 Å². The molecule has 1 unspecified atom stereocenters. The third kappa shape index (κ3) is 2.96. The Morgan fingerprint density at radius 2 is 2.05 bits per heavy atom. The number of halogens is 3. The highest BCUT2D eigenvalue weighted by Gasteiger charge is 2.36. The molecule has 1 aromatic heterocycles. The van der Waals surface area contributed by atoms with Crippen molar-refractivity contribution >= 4 is 16.6 Å². The standard InChI is InChI=1S/C13H13F3N2O/c1-8(13(14,15)16)19-7-9-4-5-11(17)10-3-2-6-18-12(9)10/h2-6,8H,7,17H2,1H3. The second-order valence-electron chi connectivity index (χ2n) is 4.21. The molecule has 0 saturated carbocycles. The van der Waals surface area contributed by atoms with Gasteiger partial charge in [-0.2, -0.15) is 13.2 Å². The number of rotatable bonds is 3. The molecule has 0 aliphatic heterocycles. The number of benzene rings is 1. The lowest BCUT2D eigenvalue weighted by atomic mass is 10.1. The van der Waals surface area contributed by atoms with E-state index < -0.39 is 12.3 Å². The van der Waals surface area contributed by atoms with Gasteiger partial charge < -0.3 is 10.5 Å². The summed E-state index contributed by atoms with van der Waals surface area (Å²) in [7, 11) is 0. The van der Waals surface area contributed by atoms with Crippen molar-refractivity contribution in [2.45, 2.75) is 25.8 Å². The number of ether oxygens (including phenoxy) is 1. The van der Waals surface area contributed by atoms with Gasteiger partial charge in [0.1, 0.15) is 0 Å². The number of hydrogen-bond acceptors (Lipinski definition) is 3. The Balaban J connectivity index is 2.25. The first-order chi connectivity index (χ1) is 8.89. The van der Waals surface area contributed by atoms with Crippen molar-refractivity contribution in [2.75, 3.05) is 5.73 Å². The molecule has 3 nitrogen and oxygen atoms in total. The fraction of sp³-hybridized carbons (Fsp3) is 0.308. The van der Waals surface area contributed by atoms with Crippen LogP contribution in [0.1, 0.15) is 12.5 Å². The van der Waals surface area contributed by atoms with Crippen molar-refractivity contribution in [1.29, 1.82) is 0 Å². The molecule has 0 fully saturated rings. The molecule has 0 radical (unpaired) electrons. The number of aromatic nitrogens is 1. The molecule has 1 aromatic carbocycles. The molecule has 6 heteroatoms. The summed E-state index contributed by atoms with van der Waals surface area (Å²) in [6.07, 6.45) is -4.61. The van der Waals surface area contributed by atoms with Crippen LogP contribution >= 0.6 is 0 Å². The van der Waals surface area contributed by atoms with E-state index in [9.17, 15) is 13.2 Å². The first kappa shape index (κ1) is 13.6. The third-order valence-corrected chi connectivity index (χ3v) is 2.84. The minimum atomic E-state index is -4.36. The van der Waals surface area contributed by atoms with Gasteiger partial charge >= 0.3 is 6.18 Å². The Morgan fingerprint density at radius 1 is 1.32 bits per heavy atom. The second-order valence-corrected chi connectivity index (χ2v) is 4.21. The highest BCUT2D eigenvalue weighted by Crippen LogP contribution is 2.26. The summed E-state index contributed by atoms with van der Waals surface area (Å²) in [5.74, 6) is 0. The van der Waals surface area contributed by atoms with Gasteiger partial charge in [0.25, 0.3) is 0 Å². The van der Waals surface area contributed by atoms with Crippen LogP contribution in [0.2, 0.25) is 0 Å². The molecule has 102 valence electrons. The van der Waals surface area contributed by atoms with E-state index >= 15 is 0 Å². The average Bonchev–Trinajstić information content (AvgIpc) is 2.37. The minimum absolute atomic E-state index is 0.158.